The molecule has 0 fully saturated rings. The van der Waals surface area contributed by atoms with Gasteiger partial charge in [0.25, 0.3) is 0 Å². The van der Waals surface area contributed by atoms with E-state index < -0.39 is 0 Å². The van der Waals surface area contributed by atoms with Crippen molar-refractivity contribution in [2.24, 2.45) is 5.92 Å². The Morgan fingerprint density at radius 1 is 0.476 bits per heavy atom. The van der Waals surface area contributed by atoms with Crippen molar-refractivity contribution in [3.05, 3.63) is 12.2 Å². The number of carbonyl (C=O) groups is 1. The minimum absolute atomic E-state index is 0.0240. The van der Waals surface area contributed by atoms with Crippen molar-refractivity contribution < 1.29 is 9.53 Å². The number of esters is 1. The van der Waals surface area contributed by atoms with Crippen LogP contribution in [0.5, 0.6) is 0 Å². The second-order valence-corrected chi connectivity index (χ2v) is 13.7. The van der Waals surface area contributed by atoms with Crippen LogP contribution in [0.15, 0.2) is 12.2 Å². The van der Waals surface area contributed by atoms with Gasteiger partial charge in [-0.2, -0.15) is 0 Å². The van der Waals surface area contributed by atoms with Crippen LogP contribution in [-0.2, 0) is 9.53 Å². The average molecular weight is 591 g/mol. The van der Waals surface area contributed by atoms with Gasteiger partial charge in [0.15, 0.2) is 0 Å². The molecule has 0 N–H and O–H groups in total. The normalized spacial score (nSPS) is 11.7. The van der Waals surface area contributed by atoms with E-state index >= 15 is 0 Å². The Kier molecular flexibility index (Phi) is 35.7. The molecular formula is C40H78O2. The number of unbranched alkanes of at least 4 members (excludes halogenated alkanes) is 27. The highest BCUT2D eigenvalue weighted by molar-refractivity contribution is 5.69. The summed E-state index contributed by atoms with van der Waals surface area (Å²) in [5, 5.41) is 0. The molecule has 0 atom stereocenters. The molecule has 0 spiro atoms. The van der Waals surface area contributed by atoms with Crippen LogP contribution < -0.4 is 0 Å². The minimum atomic E-state index is 0.0240. The third-order valence-corrected chi connectivity index (χ3v) is 8.83. The molecule has 2 nitrogen and oxygen atoms in total. The molecule has 0 amide bonds. The largest absolute Gasteiger partial charge is 0.466 e. The summed E-state index contributed by atoms with van der Waals surface area (Å²) in [4.78, 5) is 12.0. The topological polar surface area (TPSA) is 26.3 Å². The first-order chi connectivity index (χ1) is 20.7. The van der Waals surface area contributed by atoms with Gasteiger partial charge in [-0.05, 0) is 44.4 Å². The number of allylic oxidation sites excluding steroid dienone is 2. The lowest BCUT2D eigenvalue weighted by atomic mass is 10.0. The van der Waals surface area contributed by atoms with E-state index in [9.17, 15) is 4.79 Å². The molecule has 0 aromatic heterocycles. The summed E-state index contributed by atoms with van der Waals surface area (Å²) in [7, 11) is 0. The molecule has 0 bridgehead atoms. The van der Waals surface area contributed by atoms with Crippen LogP contribution in [0.2, 0.25) is 0 Å². The Labute approximate surface area is 266 Å². The SMILES string of the molecule is CCCCCCCC/C=C/CCCCCCCCCCCC(=O)OCCCCCCCCCCCCCCCC(C)C. The van der Waals surface area contributed by atoms with Gasteiger partial charge < -0.3 is 4.74 Å². The summed E-state index contributed by atoms with van der Waals surface area (Å²) >= 11 is 0. The van der Waals surface area contributed by atoms with Crippen LogP contribution in [0.3, 0.4) is 0 Å². The van der Waals surface area contributed by atoms with Gasteiger partial charge in [0.2, 0.25) is 0 Å². The number of hydrogen-bond donors (Lipinski definition) is 0. The third kappa shape index (κ3) is 37.2. The molecule has 0 radical (unpaired) electrons. The smallest absolute Gasteiger partial charge is 0.305 e. The predicted octanol–water partition coefficient (Wildman–Crippen LogP) is 14.2. The summed E-state index contributed by atoms with van der Waals surface area (Å²) in [5.74, 6) is 0.896. The van der Waals surface area contributed by atoms with E-state index in [0.717, 1.165) is 18.8 Å². The average Bonchev–Trinajstić information content (AvgIpc) is 2.98. The Bertz CT molecular complexity index is 538. The highest BCUT2D eigenvalue weighted by Gasteiger charge is 2.03. The second kappa shape index (κ2) is 36.4. The fourth-order valence-electron chi connectivity index (χ4n) is 5.90. The Balaban J connectivity index is 3.18. The van der Waals surface area contributed by atoms with E-state index in [1.165, 1.54) is 186 Å². The van der Waals surface area contributed by atoms with Gasteiger partial charge in [-0.25, -0.2) is 0 Å². The van der Waals surface area contributed by atoms with Crippen LogP contribution in [0.25, 0.3) is 0 Å². The third-order valence-electron chi connectivity index (χ3n) is 8.83. The number of ether oxygens (including phenoxy) is 1. The fourth-order valence-corrected chi connectivity index (χ4v) is 5.90. The minimum Gasteiger partial charge on any atom is -0.466 e. The Morgan fingerprint density at radius 2 is 0.833 bits per heavy atom. The van der Waals surface area contributed by atoms with Crippen molar-refractivity contribution in [2.75, 3.05) is 6.61 Å². The lowest BCUT2D eigenvalue weighted by Gasteiger charge is -2.06. The molecule has 0 aliphatic carbocycles. The lowest BCUT2D eigenvalue weighted by molar-refractivity contribution is -0.143. The van der Waals surface area contributed by atoms with Crippen molar-refractivity contribution >= 4 is 5.97 Å². The first-order valence-electron chi connectivity index (χ1n) is 19.5. The van der Waals surface area contributed by atoms with Crippen LogP contribution in [0.4, 0.5) is 0 Å². The van der Waals surface area contributed by atoms with E-state index in [1.54, 1.807) is 0 Å². The molecule has 0 saturated carbocycles. The van der Waals surface area contributed by atoms with Gasteiger partial charge in [-0.3, -0.25) is 4.79 Å². The number of hydrogen-bond acceptors (Lipinski definition) is 2. The predicted molar refractivity (Wildman–Crippen MR) is 188 cm³/mol. The molecule has 0 aliphatic rings. The zero-order chi connectivity index (χ0) is 30.6. The van der Waals surface area contributed by atoms with Gasteiger partial charge in [0, 0.05) is 6.42 Å². The van der Waals surface area contributed by atoms with E-state index in [-0.39, 0.29) is 5.97 Å². The van der Waals surface area contributed by atoms with Gasteiger partial charge in [-0.1, -0.05) is 193 Å². The molecule has 0 aromatic rings. The number of carbonyl (C=O) groups excluding carboxylic acids is 1. The van der Waals surface area contributed by atoms with Crippen LogP contribution in [-0.4, -0.2) is 12.6 Å². The molecule has 0 unspecified atom stereocenters. The highest BCUT2D eigenvalue weighted by Crippen LogP contribution is 2.15. The van der Waals surface area contributed by atoms with Crippen molar-refractivity contribution in [3.8, 4) is 0 Å². The summed E-state index contributed by atoms with van der Waals surface area (Å²) < 4.78 is 5.45. The summed E-state index contributed by atoms with van der Waals surface area (Å²) in [6.45, 7) is 7.58. The standard InChI is InChI=1S/C40H78O2/c1-4-5-6-7-8-9-10-11-12-13-14-15-16-19-22-25-28-31-34-37-40(41)42-38-35-32-29-26-23-20-17-18-21-24-27-30-33-36-39(2)3/h11-12,39H,4-10,13-38H2,1-3H3/b12-11+. The lowest BCUT2D eigenvalue weighted by Crippen LogP contribution is -2.05. The Hall–Kier alpha value is -0.790. The second-order valence-electron chi connectivity index (χ2n) is 13.7. The van der Waals surface area contributed by atoms with Gasteiger partial charge in [-0.15, -0.1) is 0 Å². The maximum Gasteiger partial charge on any atom is 0.305 e. The van der Waals surface area contributed by atoms with Gasteiger partial charge in [0.1, 0.15) is 0 Å². The molecule has 0 aromatic carbocycles. The molecule has 0 aliphatic heterocycles. The highest BCUT2D eigenvalue weighted by atomic mass is 16.5. The quantitative estimate of drug-likeness (QED) is 0.0417. The molecule has 42 heavy (non-hydrogen) atoms. The van der Waals surface area contributed by atoms with E-state index in [4.69, 9.17) is 4.74 Å². The van der Waals surface area contributed by atoms with Crippen LogP contribution >= 0.6 is 0 Å². The molecular weight excluding hydrogens is 512 g/mol. The first kappa shape index (κ1) is 41.2. The summed E-state index contributed by atoms with van der Waals surface area (Å²) in [6.07, 6.45) is 47.1. The maximum atomic E-state index is 12.0. The molecule has 0 heterocycles. The zero-order valence-electron chi connectivity index (χ0n) is 29.4. The molecule has 0 rings (SSSR count). The van der Waals surface area contributed by atoms with E-state index in [1.807, 2.05) is 0 Å². The van der Waals surface area contributed by atoms with Crippen molar-refractivity contribution in [3.63, 3.8) is 0 Å². The van der Waals surface area contributed by atoms with Gasteiger partial charge in [0.05, 0.1) is 6.61 Å². The molecule has 250 valence electrons. The monoisotopic (exact) mass is 591 g/mol. The van der Waals surface area contributed by atoms with Crippen molar-refractivity contribution in [1.29, 1.82) is 0 Å². The molecule has 0 saturated heterocycles. The van der Waals surface area contributed by atoms with Crippen LogP contribution in [0, 0.1) is 5.92 Å². The summed E-state index contributed by atoms with van der Waals surface area (Å²) in [5.41, 5.74) is 0. The molecule has 2 heteroatoms. The zero-order valence-corrected chi connectivity index (χ0v) is 29.4. The van der Waals surface area contributed by atoms with Crippen molar-refractivity contribution in [1.82, 2.24) is 0 Å². The van der Waals surface area contributed by atoms with E-state index in [2.05, 4.69) is 32.9 Å². The fraction of sp³-hybridized carbons (Fsp3) is 0.925. The maximum absolute atomic E-state index is 12.0. The van der Waals surface area contributed by atoms with Crippen molar-refractivity contribution in [2.45, 2.75) is 226 Å². The van der Waals surface area contributed by atoms with E-state index in [0.29, 0.717) is 13.0 Å². The first-order valence-corrected chi connectivity index (χ1v) is 19.5. The van der Waals surface area contributed by atoms with Gasteiger partial charge >= 0.3 is 5.97 Å². The van der Waals surface area contributed by atoms with Crippen LogP contribution in [0.1, 0.15) is 226 Å². The number of rotatable bonds is 35. The Morgan fingerprint density at radius 3 is 1.26 bits per heavy atom. The summed E-state index contributed by atoms with van der Waals surface area (Å²) in [6, 6.07) is 0.